The average Bonchev–Trinajstić information content (AvgIpc) is 2.91. The van der Waals surface area contributed by atoms with Gasteiger partial charge >= 0.3 is 0 Å². The molecular weight excluding hydrogens is 324 g/mol. The Morgan fingerprint density at radius 2 is 1.87 bits per heavy atom. The lowest BCUT2D eigenvalue weighted by molar-refractivity contribution is 0.579. The maximum atomic E-state index is 14.1. The second kappa shape index (κ2) is 5.13. The maximum Gasteiger partial charge on any atom is 0.145 e. The average molecular weight is 332 g/mol. The summed E-state index contributed by atoms with van der Waals surface area (Å²) in [7, 11) is 0. The van der Waals surface area contributed by atoms with E-state index in [-0.39, 0.29) is 11.4 Å². The third-order valence-corrected chi connectivity index (χ3v) is 3.62. The summed E-state index contributed by atoms with van der Waals surface area (Å²) in [5.74, 6) is -1.06. The number of nitrogens with zero attached hydrogens (tertiary/aromatic N) is 3. The molecule has 3 aromatic rings. The minimum atomic E-state index is -0.723. The van der Waals surface area contributed by atoms with Crippen LogP contribution in [0.1, 0.15) is 5.56 Å². The molecule has 114 valence electrons. The van der Waals surface area contributed by atoms with E-state index in [1.807, 2.05) is 0 Å². The zero-order valence-electron chi connectivity index (χ0n) is 11.4. The predicted molar refractivity (Wildman–Crippen MR) is 83.0 cm³/mol. The summed E-state index contributed by atoms with van der Waals surface area (Å²) in [4.78, 5) is 8.46. The van der Waals surface area contributed by atoms with Gasteiger partial charge in [0, 0.05) is 11.8 Å². The molecule has 8 heteroatoms. The molecule has 1 aromatic carbocycles. The van der Waals surface area contributed by atoms with Crippen molar-refractivity contribution in [3.05, 3.63) is 58.9 Å². The molecule has 3 heterocycles. The van der Waals surface area contributed by atoms with Crippen molar-refractivity contribution < 1.29 is 8.78 Å². The van der Waals surface area contributed by atoms with Gasteiger partial charge < -0.3 is 5.32 Å². The Bertz CT molecular complexity index is 931. The van der Waals surface area contributed by atoms with E-state index in [0.717, 1.165) is 0 Å². The molecule has 0 saturated heterocycles. The number of halogens is 3. The highest BCUT2D eigenvalue weighted by Crippen LogP contribution is 2.37. The molecular formula is C15H8ClF2N5. The predicted octanol–water partition coefficient (Wildman–Crippen LogP) is 3.91. The number of anilines is 1. The van der Waals surface area contributed by atoms with E-state index < -0.39 is 11.6 Å². The normalized spacial score (nSPS) is 12.7. The number of amidine groups is 1. The van der Waals surface area contributed by atoms with Gasteiger partial charge in [0.25, 0.3) is 0 Å². The summed E-state index contributed by atoms with van der Waals surface area (Å²) in [6.07, 6.45) is 2.90. The highest BCUT2D eigenvalue weighted by Gasteiger charge is 2.23. The Morgan fingerprint density at radius 1 is 1.09 bits per heavy atom. The highest BCUT2D eigenvalue weighted by molar-refractivity contribution is 6.31. The molecule has 4 rings (SSSR count). The van der Waals surface area contributed by atoms with Crippen LogP contribution in [0.4, 0.5) is 20.3 Å². The molecule has 0 aliphatic carbocycles. The van der Waals surface area contributed by atoms with Crippen molar-refractivity contribution in [2.24, 2.45) is 4.99 Å². The first-order valence-electron chi connectivity index (χ1n) is 6.63. The van der Waals surface area contributed by atoms with E-state index >= 15 is 0 Å². The fourth-order valence-corrected chi connectivity index (χ4v) is 2.55. The molecule has 1 aliphatic heterocycles. The van der Waals surface area contributed by atoms with Crippen molar-refractivity contribution in [3.8, 4) is 11.3 Å². The van der Waals surface area contributed by atoms with Crippen LogP contribution in [0.5, 0.6) is 0 Å². The van der Waals surface area contributed by atoms with Crippen LogP contribution in [-0.4, -0.2) is 21.0 Å². The third kappa shape index (κ3) is 2.25. The summed E-state index contributed by atoms with van der Waals surface area (Å²) >= 11 is 5.99. The number of benzene rings is 1. The summed E-state index contributed by atoms with van der Waals surface area (Å²) in [5, 5.41) is 10.0. The smallest absolute Gasteiger partial charge is 0.145 e. The zero-order valence-corrected chi connectivity index (χ0v) is 12.2. The quantitative estimate of drug-likeness (QED) is 0.710. The van der Waals surface area contributed by atoms with E-state index in [1.54, 1.807) is 6.07 Å². The van der Waals surface area contributed by atoms with Gasteiger partial charge in [0.1, 0.15) is 29.0 Å². The van der Waals surface area contributed by atoms with Crippen molar-refractivity contribution in [2.75, 3.05) is 5.32 Å². The molecule has 0 spiro atoms. The number of aliphatic imine (C=N–C) groups is 1. The lowest BCUT2D eigenvalue weighted by Gasteiger charge is -2.11. The van der Waals surface area contributed by atoms with Gasteiger partial charge in [0.15, 0.2) is 0 Å². The topological polar surface area (TPSA) is 66.0 Å². The van der Waals surface area contributed by atoms with Crippen molar-refractivity contribution in [3.63, 3.8) is 0 Å². The van der Waals surface area contributed by atoms with Gasteiger partial charge in [-0.3, -0.25) is 5.10 Å². The molecule has 1 aliphatic rings. The molecule has 0 atom stereocenters. The Labute approximate surface area is 134 Å². The number of rotatable bonds is 1. The molecule has 0 bridgehead atoms. The van der Waals surface area contributed by atoms with Crippen molar-refractivity contribution in [2.45, 2.75) is 0 Å². The van der Waals surface area contributed by atoms with Gasteiger partial charge in [-0.15, -0.1) is 0 Å². The van der Waals surface area contributed by atoms with Gasteiger partial charge in [-0.05, 0) is 18.2 Å². The Kier molecular flexibility index (Phi) is 3.09. The first-order chi connectivity index (χ1) is 11.1. The van der Waals surface area contributed by atoms with Crippen molar-refractivity contribution in [1.82, 2.24) is 15.2 Å². The van der Waals surface area contributed by atoms with E-state index in [2.05, 4.69) is 25.5 Å². The minimum Gasteiger partial charge on any atom is -0.324 e. The molecule has 5 nitrogen and oxygen atoms in total. The summed E-state index contributed by atoms with van der Waals surface area (Å²) < 4.78 is 28.2. The lowest BCUT2D eigenvalue weighted by Crippen LogP contribution is -2.17. The second-order valence-corrected chi connectivity index (χ2v) is 5.30. The van der Waals surface area contributed by atoms with Crippen LogP contribution in [0, 0.1) is 11.6 Å². The van der Waals surface area contributed by atoms with E-state index in [1.165, 1.54) is 30.6 Å². The second-order valence-electron chi connectivity index (χ2n) is 4.86. The molecule has 0 radical (unpaired) electrons. The highest BCUT2D eigenvalue weighted by atomic mass is 35.5. The first kappa shape index (κ1) is 13.8. The van der Waals surface area contributed by atoms with Gasteiger partial charge in [-0.1, -0.05) is 17.7 Å². The van der Waals surface area contributed by atoms with Gasteiger partial charge in [0.05, 0.1) is 22.5 Å². The van der Waals surface area contributed by atoms with Crippen LogP contribution in [0.2, 0.25) is 5.02 Å². The Balaban J connectivity index is 1.97. The lowest BCUT2D eigenvalue weighted by atomic mass is 10.1. The van der Waals surface area contributed by atoms with Gasteiger partial charge in [-0.2, -0.15) is 5.10 Å². The summed E-state index contributed by atoms with van der Waals surface area (Å²) in [5.41, 5.74) is 1.34. The Hall–Kier alpha value is -2.80. The number of hydrogen-bond donors (Lipinski definition) is 2. The number of aromatic amines is 1. The molecule has 0 saturated carbocycles. The van der Waals surface area contributed by atoms with Crippen LogP contribution in [-0.2, 0) is 0 Å². The van der Waals surface area contributed by atoms with Crippen molar-refractivity contribution in [1.29, 1.82) is 0 Å². The standard InChI is InChI=1S/C15H8ClF2N5/c16-7-4-8-13-11(6-20-23-13)21-15(22-14(8)19-5-7)12-9(17)2-1-3-10(12)18/h1-6H,(H,20,23)(H,19,21,22). The largest absolute Gasteiger partial charge is 0.324 e. The van der Waals surface area contributed by atoms with Crippen LogP contribution in [0.25, 0.3) is 11.3 Å². The number of aromatic nitrogens is 3. The molecule has 2 N–H and O–H groups in total. The molecule has 2 aromatic heterocycles. The minimum absolute atomic E-state index is 0.0109. The molecule has 0 fully saturated rings. The number of H-pyrrole nitrogens is 1. The maximum absolute atomic E-state index is 14.1. The first-order valence-corrected chi connectivity index (χ1v) is 7.00. The fraction of sp³-hybridized carbons (Fsp3) is 0. The zero-order chi connectivity index (χ0) is 16.0. The molecule has 0 amide bonds. The Morgan fingerprint density at radius 3 is 2.65 bits per heavy atom. The van der Waals surface area contributed by atoms with Gasteiger partial charge in [0.2, 0.25) is 0 Å². The SMILES string of the molecule is Fc1cccc(F)c1C1=Nc2cn[nH]c2-c2cc(Cl)cnc2N1. The van der Waals surface area contributed by atoms with E-state index in [9.17, 15) is 8.78 Å². The van der Waals surface area contributed by atoms with Crippen LogP contribution in [0.15, 0.2) is 41.7 Å². The third-order valence-electron chi connectivity index (χ3n) is 3.41. The number of pyridine rings is 1. The monoisotopic (exact) mass is 331 g/mol. The van der Waals surface area contributed by atoms with Gasteiger partial charge in [-0.25, -0.2) is 18.8 Å². The van der Waals surface area contributed by atoms with Crippen LogP contribution in [0.3, 0.4) is 0 Å². The number of fused-ring (bicyclic) bond motifs is 3. The number of nitrogens with one attached hydrogen (secondary N) is 2. The summed E-state index contributed by atoms with van der Waals surface area (Å²) in [6, 6.07) is 5.30. The molecule has 23 heavy (non-hydrogen) atoms. The van der Waals surface area contributed by atoms with Crippen LogP contribution < -0.4 is 5.32 Å². The van der Waals surface area contributed by atoms with Crippen molar-refractivity contribution >= 4 is 28.9 Å². The van der Waals surface area contributed by atoms with Crippen LogP contribution >= 0.6 is 11.6 Å². The number of hydrogen-bond acceptors (Lipinski definition) is 4. The van der Waals surface area contributed by atoms with E-state index in [0.29, 0.717) is 27.8 Å². The fourth-order valence-electron chi connectivity index (χ4n) is 2.40. The van der Waals surface area contributed by atoms with E-state index in [4.69, 9.17) is 11.6 Å². The summed E-state index contributed by atoms with van der Waals surface area (Å²) in [6.45, 7) is 0. The molecule has 0 unspecified atom stereocenters.